The summed E-state index contributed by atoms with van der Waals surface area (Å²) in [5, 5.41) is 0. The number of hydrogen-bond acceptors (Lipinski definition) is 2. The molecule has 0 aliphatic heterocycles. The first-order valence-corrected chi connectivity index (χ1v) is 7.58. The van der Waals surface area contributed by atoms with Gasteiger partial charge in [-0.2, -0.15) is 13.2 Å². The molecule has 0 aliphatic carbocycles. The molecule has 0 fully saturated rings. The first kappa shape index (κ1) is 15.3. The van der Waals surface area contributed by atoms with Gasteiger partial charge in [0.2, 0.25) is 5.89 Å². The van der Waals surface area contributed by atoms with Gasteiger partial charge in [0.25, 0.3) is 0 Å². The summed E-state index contributed by atoms with van der Waals surface area (Å²) in [4.78, 5) is 4.30. The molecule has 0 saturated heterocycles. The van der Waals surface area contributed by atoms with Gasteiger partial charge in [0.05, 0.1) is 11.3 Å². The van der Waals surface area contributed by atoms with Gasteiger partial charge in [0.15, 0.2) is 0 Å². The predicted octanol–water partition coefficient (Wildman–Crippen LogP) is 5.42. The van der Waals surface area contributed by atoms with E-state index in [1.807, 2.05) is 13.8 Å². The Hall–Kier alpha value is -1.05. The topological polar surface area (TPSA) is 26.0 Å². The van der Waals surface area contributed by atoms with Crippen molar-refractivity contribution in [1.29, 1.82) is 0 Å². The minimum atomic E-state index is -4.37. The third-order valence-corrected chi connectivity index (χ3v) is 3.54. The van der Waals surface area contributed by atoms with E-state index in [0.717, 1.165) is 23.6 Å². The lowest BCUT2D eigenvalue weighted by atomic mass is 10.1. The second-order valence-electron chi connectivity index (χ2n) is 4.70. The van der Waals surface area contributed by atoms with Gasteiger partial charge in [0, 0.05) is 15.9 Å². The highest BCUT2D eigenvalue weighted by Gasteiger charge is 2.31. The van der Waals surface area contributed by atoms with Gasteiger partial charge in [-0.05, 0) is 18.2 Å². The van der Waals surface area contributed by atoms with Crippen LogP contribution < -0.4 is 0 Å². The number of benzene rings is 1. The summed E-state index contributed by atoms with van der Waals surface area (Å²) in [6.07, 6.45) is -4.37. The quantitative estimate of drug-likeness (QED) is 0.513. The maximum absolute atomic E-state index is 12.7. The van der Waals surface area contributed by atoms with Crippen LogP contribution >= 0.6 is 22.6 Å². The first-order chi connectivity index (χ1) is 9.32. The molecule has 0 atom stereocenters. The third kappa shape index (κ3) is 3.16. The smallest absolute Gasteiger partial charge is 0.416 e. The summed E-state index contributed by atoms with van der Waals surface area (Å²) in [5.74, 6) is 1.12. The van der Waals surface area contributed by atoms with Crippen LogP contribution in [-0.4, -0.2) is 4.98 Å². The fraction of sp³-hybridized carbons (Fsp3) is 0.357. The highest BCUT2D eigenvalue weighted by Crippen LogP contribution is 2.33. The Kier molecular flexibility index (Phi) is 4.41. The van der Waals surface area contributed by atoms with Crippen molar-refractivity contribution in [3.8, 4) is 11.5 Å². The Morgan fingerprint density at radius 3 is 2.50 bits per heavy atom. The van der Waals surface area contributed by atoms with Crippen molar-refractivity contribution in [3.05, 3.63) is 41.3 Å². The number of alkyl halides is 4. The molecule has 0 aliphatic rings. The Bertz CT molecular complexity index is 605. The fourth-order valence-corrected chi connectivity index (χ4v) is 2.41. The van der Waals surface area contributed by atoms with Crippen LogP contribution in [0, 0.1) is 0 Å². The van der Waals surface area contributed by atoms with Gasteiger partial charge in [-0.1, -0.05) is 42.5 Å². The lowest BCUT2D eigenvalue weighted by Crippen LogP contribution is -2.04. The summed E-state index contributed by atoms with van der Waals surface area (Å²) >= 11 is 2.16. The van der Waals surface area contributed by atoms with Crippen LogP contribution in [0.25, 0.3) is 11.5 Å². The van der Waals surface area contributed by atoms with Crippen molar-refractivity contribution in [3.63, 3.8) is 0 Å². The number of oxazole rings is 1. The summed E-state index contributed by atoms with van der Waals surface area (Å²) in [6, 6.07) is 5.03. The SMILES string of the molecule is CC(C)c1oc(-c2cccc(C(F)(F)F)c2)nc1CI. The van der Waals surface area contributed by atoms with Crippen LogP contribution in [0.5, 0.6) is 0 Å². The zero-order valence-electron chi connectivity index (χ0n) is 11.0. The summed E-state index contributed by atoms with van der Waals surface area (Å²) in [5.41, 5.74) is 0.432. The Morgan fingerprint density at radius 1 is 1.30 bits per heavy atom. The summed E-state index contributed by atoms with van der Waals surface area (Å²) in [6.45, 7) is 3.93. The van der Waals surface area contributed by atoms with E-state index in [9.17, 15) is 13.2 Å². The Labute approximate surface area is 128 Å². The molecular formula is C14H13F3INO. The second kappa shape index (κ2) is 5.75. The maximum atomic E-state index is 12.7. The number of nitrogens with zero attached hydrogens (tertiary/aromatic N) is 1. The Balaban J connectivity index is 2.47. The lowest BCUT2D eigenvalue weighted by Gasteiger charge is -2.06. The van der Waals surface area contributed by atoms with Crippen LogP contribution in [0.15, 0.2) is 28.7 Å². The largest absolute Gasteiger partial charge is 0.441 e. The van der Waals surface area contributed by atoms with Crippen molar-refractivity contribution in [2.75, 3.05) is 0 Å². The molecule has 1 aromatic heterocycles. The van der Waals surface area contributed by atoms with Crippen LogP contribution in [0.1, 0.15) is 36.8 Å². The maximum Gasteiger partial charge on any atom is 0.416 e. The van der Waals surface area contributed by atoms with E-state index in [-0.39, 0.29) is 11.8 Å². The molecule has 1 heterocycles. The molecule has 2 nitrogen and oxygen atoms in total. The molecule has 2 aromatic rings. The van der Waals surface area contributed by atoms with Crippen LogP contribution in [0.2, 0.25) is 0 Å². The average Bonchev–Trinajstić information content (AvgIpc) is 2.82. The minimum absolute atomic E-state index is 0.145. The Morgan fingerprint density at radius 2 is 2.00 bits per heavy atom. The monoisotopic (exact) mass is 395 g/mol. The molecule has 0 saturated carbocycles. The van der Waals surface area contributed by atoms with Crippen LogP contribution in [-0.2, 0) is 10.6 Å². The third-order valence-electron chi connectivity index (χ3n) is 2.82. The molecular weight excluding hydrogens is 382 g/mol. The summed E-state index contributed by atoms with van der Waals surface area (Å²) < 4.78 is 44.4. The molecule has 20 heavy (non-hydrogen) atoms. The van der Waals surface area contributed by atoms with Crippen molar-refractivity contribution >= 4 is 22.6 Å². The number of hydrogen-bond donors (Lipinski definition) is 0. The molecule has 0 bridgehead atoms. The zero-order chi connectivity index (χ0) is 14.9. The highest BCUT2D eigenvalue weighted by atomic mass is 127. The average molecular weight is 395 g/mol. The normalized spacial score (nSPS) is 12.2. The van der Waals surface area contributed by atoms with E-state index in [1.54, 1.807) is 6.07 Å². The molecule has 2 rings (SSSR count). The summed E-state index contributed by atoms with van der Waals surface area (Å²) in [7, 11) is 0. The molecule has 0 radical (unpaired) electrons. The standard InChI is InChI=1S/C14H13F3INO/c1-8(2)12-11(7-18)19-13(20-12)9-4-3-5-10(6-9)14(15,16)17/h3-6,8H,7H2,1-2H3. The molecule has 0 unspecified atom stereocenters. The van der Waals surface area contributed by atoms with Gasteiger partial charge in [-0.25, -0.2) is 4.98 Å². The first-order valence-electron chi connectivity index (χ1n) is 6.06. The molecule has 108 valence electrons. The molecule has 6 heteroatoms. The van der Waals surface area contributed by atoms with Gasteiger partial charge in [0.1, 0.15) is 5.76 Å². The second-order valence-corrected chi connectivity index (χ2v) is 5.46. The molecule has 0 spiro atoms. The van der Waals surface area contributed by atoms with E-state index in [4.69, 9.17) is 4.42 Å². The van der Waals surface area contributed by atoms with E-state index in [1.165, 1.54) is 6.07 Å². The van der Waals surface area contributed by atoms with Gasteiger partial charge in [-0.15, -0.1) is 0 Å². The van der Waals surface area contributed by atoms with Crippen molar-refractivity contribution < 1.29 is 17.6 Å². The fourth-order valence-electron chi connectivity index (χ4n) is 1.86. The number of rotatable bonds is 3. The zero-order valence-corrected chi connectivity index (χ0v) is 13.1. The minimum Gasteiger partial charge on any atom is -0.441 e. The molecule has 1 aromatic carbocycles. The van der Waals surface area contributed by atoms with Crippen LogP contribution in [0.3, 0.4) is 0 Å². The molecule has 0 amide bonds. The molecule has 0 N–H and O–H groups in total. The highest BCUT2D eigenvalue weighted by molar-refractivity contribution is 14.1. The predicted molar refractivity (Wildman–Crippen MR) is 78.8 cm³/mol. The van der Waals surface area contributed by atoms with Crippen molar-refractivity contribution in [2.24, 2.45) is 0 Å². The van der Waals surface area contributed by atoms with E-state index >= 15 is 0 Å². The van der Waals surface area contributed by atoms with E-state index in [2.05, 4.69) is 27.6 Å². The number of aromatic nitrogens is 1. The van der Waals surface area contributed by atoms with Crippen molar-refractivity contribution in [2.45, 2.75) is 30.4 Å². The lowest BCUT2D eigenvalue weighted by molar-refractivity contribution is -0.137. The van der Waals surface area contributed by atoms with Gasteiger partial charge >= 0.3 is 6.18 Å². The van der Waals surface area contributed by atoms with Gasteiger partial charge in [-0.3, -0.25) is 0 Å². The van der Waals surface area contributed by atoms with Crippen molar-refractivity contribution in [1.82, 2.24) is 4.98 Å². The van der Waals surface area contributed by atoms with Crippen LogP contribution in [0.4, 0.5) is 13.2 Å². The van der Waals surface area contributed by atoms with E-state index in [0.29, 0.717) is 9.99 Å². The van der Waals surface area contributed by atoms with E-state index < -0.39 is 11.7 Å². The van der Waals surface area contributed by atoms with Gasteiger partial charge < -0.3 is 4.42 Å². The number of halogens is 4.